The number of hydrogen-bond acceptors (Lipinski definition) is 5. The maximum atomic E-state index is 10.7. The van der Waals surface area contributed by atoms with Gasteiger partial charge in [0.25, 0.3) is 0 Å². The summed E-state index contributed by atoms with van der Waals surface area (Å²) in [5.41, 5.74) is 2.04. The minimum Gasteiger partial charge on any atom is -0.386 e. The molecule has 4 nitrogen and oxygen atoms in total. The molecule has 1 aliphatic rings. The fraction of sp³-hybridized carbons (Fsp3) is 0.368. The van der Waals surface area contributed by atoms with Crippen LogP contribution in [0.2, 0.25) is 5.02 Å². The molecule has 134 valence electrons. The second-order valence-electron chi connectivity index (χ2n) is 5.64. The molecule has 1 aliphatic heterocycles. The van der Waals surface area contributed by atoms with Gasteiger partial charge in [0.05, 0.1) is 17.9 Å². The summed E-state index contributed by atoms with van der Waals surface area (Å²) in [6.07, 6.45) is -1.44. The number of aliphatic hydroxyl groups is 1. The zero-order valence-electron chi connectivity index (χ0n) is 14.3. The third-order valence-electron chi connectivity index (χ3n) is 3.93. The zero-order valence-corrected chi connectivity index (χ0v) is 15.9. The number of fused-ring (bicyclic) bond motifs is 2. The topological polar surface area (TPSA) is 41.9 Å². The number of halogens is 1. The van der Waals surface area contributed by atoms with Crippen molar-refractivity contribution in [3.05, 3.63) is 47.5 Å². The Hall–Kier alpha value is -1.24. The number of nitrogens with zero attached hydrogens (tertiary/aromatic N) is 1. The average Bonchev–Trinajstić information content (AvgIpc) is 2.61. The van der Waals surface area contributed by atoms with Crippen LogP contribution < -0.4 is 4.90 Å². The molecule has 0 saturated heterocycles. The number of para-hydroxylation sites is 1. The van der Waals surface area contributed by atoms with Crippen molar-refractivity contribution >= 4 is 34.7 Å². The van der Waals surface area contributed by atoms with Crippen LogP contribution in [0.15, 0.2) is 52.3 Å². The maximum absolute atomic E-state index is 10.7. The van der Waals surface area contributed by atoms with Crippen molar-refractivity contribution in [1.82, 2.24) is 0 Å². The van der Waals surface area contributed by atoms with Gasteiger partial charge in [0.15, 0.2) is 6.29 Å². The van der Waals surface area contributed by atoms with E-state index in [1.807, 2.05) is 44.2 Å². The molecule has 0 aromatic heterocycles. The quantitative estimate of drug-likeness (QED) is 0.706. The first-order chi connectivity index (χ1) is 12.1. The van der Waals surface area contributed by atoms with Crippen molar-refractivity contribution < 1.29 is 14.6 Å². The molecule has 25 heavy (non-hydrogen) atoms. The van der Waals surface area contributed by atoms with Gasteiger partial charge in [-0.1, -0.05) is 35.5 Å². The van der Waals surface area contributed by atoms with Crippen LogP contribution in [0.1, 0.15) is 13.8 Å². The lowest BCUT2D eigenvalue weighted by Crippen LogP contribution is -2.41. The van der Waals surface area contributed by atoms with E-state index in [-0.39, 0.29) is 0 Å². The summed E-state index contributed by atoms with van der Waals surface area (Å²) < 4.78 is 11.1. The Morgan fingerprint density at radius 3 is 2.44 bits per heavy atom. The minimum atomic E-state index is -0.789. The molecule has 2 aromatic carbocycles. The molecule has 1 atom stereocenters. The first-order valence-corrected chi connectivity index (χ1v) is 9.58. The monoisotopic (exact) mass is 379 g/mol. The van der Waals surface area contributed by atoms with E-state index >= 15 is 0 Å². The summed E-state index contributed by atoms with van der Waals surface area (Å²) in [7, 11) is 0. The van der Waals surface area contributed by atoms with Crippen molar-refractivity contribution in [3.8, 4) is 0 Å². The molecule has 6 heteroatoms. The molecule has 0 bridgehead atoms. The second kappa shape index (κ2) is 8.43. The van der Waals surface area contributed by atoms with Crippen molar-refractivity contribution in [3.63, 3.8) is 0 Å². The lowest BCUT2D eigenvalue weighted by atomic mass is 10.2. The van der Waals surface area contributed by atoms with Crippen molar-refractivity contribution in [2.45, 2.75) is 36.0 Å². The molecule has 0 radical (unpaired) electrons. The zero-order chi connectivity index (χ0) is 17.8. The molecule has 0 fully saturated rings. The van der Waals surface area contributed by atoms with Crippen LogP contribution in [-0.4, -0.2) is 37.3 Å². The number of aliphatic hydroxyl groups excluding tert-OH is 1. The summed E-state index contributed by atoms with van der Waals surface area (Å²) in [5, 5.41) is 11.4. The Balaban J connectivity index is 1.93. The normalized spacial score (nSPS) is 14.4. The smallest absolute Gasteiger partial charge is 0.185 e. The van der Waals surface area contributed by atoms with Crippen LogP contribution in [-0.2, 0) is 9.47 Å². The molecular weight excluding hydrogens is 358 g/mol. The SMILES string of the molecule is CCOC(OCC)C(O)CN1c2ccccc2Sc2ccc(Cl)cc21. The van der Waals surface area contributed by atoms with E-state index < -0.39 is 12.4 Å². The Morgan fingerprint density at radius 1 is 1.04 bits per heavy atom. The highest BCUT2D eigenvalue weighted by atomic mass is 35.5. The highest BCUT2D eigenvalue weighted by Crippen LogP contribution is 2.48. The average molecular weight is 380 g/mol. The van der Waals surface area contributed by atoms with Gasteiger partial charge < -0.3 is 19.5 Å². The number of anilines is 2. The highest BCUT2D eigenvalue weighted by molar-refractivity contribution is 7.99. The van der Waals surface area contributed by atoms with Gasteiger partial charge in [0.1, 0.15) is 6.10 Å². The lowest BCUT2D eigenvalue weighted by molar-refractivity contribution is -0.186. The second-order valence-corrected chi connectivity index (χ2v) is 7.16. The van der Waals surface area contributed by atoms with E-state index in [1.165, 1.54) is 0 Å². The van der Waals surface area contributed by atoms with Crippen LogP contribution >= 0.6 is 23.4 Å². The van der Waals surface area contributed by atoms with E-state index in [9.17, 15) is 5.11 Å². The number of benzene rings is 2. The molecule has 1 heterocycles. The van der Waals surface area contributed by atoms with Crippen LogP contribution in [0.5, 0.6) is 0 Å². The van der Waals surface area contributed by atoms with Gasteiger partial charge in [-0.2, -0.15) is 0 Å². The molecule has 3 rings (SSSR count). The van der Waals surface area contributed by atoms with Crippen LogP contribution in [0, 0.1) is 0 Å². The third-order valence-corrected chi connectivity index (χ3v) is 5.30. The first-order valence-electron chi connectivity index (χ1n) is 8.39. The van der Waals surface area contributed by atoms with Crippen LogP contribution in [0.4, 0.5) is 11.4 Å². The minimum absolute atomic E-state index is 0.357. The molecular formula is C19H22ClNO3S. The summed E-state index contributed by atoms with van der Waals surface area (Å²) in [6.45, 7) is 5.10. The fourth-order valence-electron chi connectivity index (χ4n) is 2.87. The molecule has 1 unspecified atom stereocenters. The number of rotatable bonds is 7. The first kappa shape index (κ1) is 18.5. The maximum Gasteiger partial charge on any atom is 0.185 e. The fourth-order valence-corrected chi connectivity index (χ4v) is 4.11. The van der Waals surface area contributed by atoms with Gasteiger partial charge in [-0.05, 0) is 44.2 Å². The predicted octanol–water partition coefficient (Wildman–Crippen LogP) is 4.70. The number of ether oxygens (including phenoxy) is 2. The van der Waals surface area contributed by atoms with Crippen molar-refractivity contribution in [2.75, 3.05) is 24.7 Å². The van der Waals surface area contributed by atoms with Crippen molar-refractivity contribution in [1.29, 1.82) is 0 Å². The van der Waals surface area contributed by atoms with Gasteiger partial charge in [-0.25, -0.2) is 0 Å². The molecule has 2 aromatic rings. The Kier molecular flexibility index (Phi) is 6.25. The molecule has 0 saturated carbocycles. The lowest BCUT2D eigenvalue weighted by Gasteiger charge is -2.35. The summed E-state index contributed by atoms with van der Waals surface area (Å²) in [4.78, 5) is 4.34. The number of β-amino-alcohol motifs (C(OH)–C–C–N with tert-alkyl or cyclic N) is 1. The molecule has 0 spiro atoms. The molecule has 0 amide bonds. The van der Waals surface area contributed by atoms with E-state index in [0.29, 0.717) is 24.8 Å². The standard InChI is InChI=1S/C19H22ClNO3S/c1-3-23-19(24-4-2)16(22)12-21-14-7-5-6-8-17(14)25-18-10-9-13(20)11-15(18)21/h5-11,16,19,22H,3-4,12H2,1-2H3. The van der Waals surface area contributed by atoms with Crippen molar-refractivity contribution in [2.24, 2.45) is 0 Å². The van der Waals surface area contributed by atoms with E-state index in [4.69, 9.17) is 21.1 Å². The van der Waals surface area contributed by atoms with E-state index in [1.54, 1.807) is 11.8 Å². The molecule has 1 N–H and O–H groups in total. The van der Waals surface area contributed by atoms with Crippen LogP contribution in [0.3, 0.4) is 0 Å². The third kappa shape index (κ3) is 4.13. The Bertz CT molecular complexity index is 722. The predicted molar refractivity (Wildman–Crippen MR) is 102 cm³/mol. The van der Waals surface area contributed by atoms with Gasteiger partial charge in [-0.3, -0.25) is 0 Å². The Labute approximate surface area is 157 Å². The molecule has 0 aliphatic carbocycles. The Morgan fingerprint density at radius 2 is 1.72 bits per heavy atom. The highest BCUT2D eigenvalue weighted by Gasteiger charge is 2.29. The summed E-state index contributed by atoms with van der Waals surface area (Å²) in [5.74, 6) is 0. The van der Waals surface area contributed by atoms with Gasteiger partial charge in [-0.15, -0.1) is 0 Å². The largest absolute Gasteiger partial charge is 0.386 e. The summed E-state index contributed by atoms with van der Waals surface area (Å²) in [6, 6.07) is 14.0. The van der Waals surface area contributed by atoms with Gasteiger partial charge in [0.2, 0.25) is 0 Å². The summed E-state index contributed by atoms with van der Waals surface area (Å²) >= 11 is 7.93. The van der Waals surface area contributed by atoms with E-state index in [0.717, 1.165) is 21.2 Å². The van der Waals surface area contributed by atoms with E-state index in [2.05, 4.69) is 17.0 Å². The van der Waals surface area contributed by atoms with Crippen LogP contribution in [0.25, 0.3) is 0 Å². The van der Waals surface area contributed by atoms with Gasteiger partial charge >= 0.3 is 0 Å². The van der Waals surface area contributed by atoms with Gasteiger partial charge in [0, 0.05) is 28.0 Å². The number of hydrogen-bond donors (Lipinski definition) is 1.